The Morgan fingerprint density at radius 2 is 1.71 bits per heavy atom. The van der Waals surface area contributed by atoms with Gasteiger partial charge >= 0.3 is 0 Å². The highest BCUT2D eigenvalue weighted by atomic mass is 15.1. The summed E-state index contributed by atoms with van der Waals surface area (Å²) in [5.41, 5.74) is 5.58. The number of nitrogens with two attached hydrogens (primary N) is 1. The molecule has 0 heterocycles. The molecule has 2 heteroatoms. The largest absolute Gasteiger partial charge is 0.330 e. The lowest BCUT2D eigenvalue weighted by Crippen LogP contribution is -2.30. The number of hydrogen-bond acceptors (Lipinski definition) is 2. The van der Waals surface area contributed by atoms with E-state index in [1.165, 1.54) is 51.7 Å². The zero-order valence-corrected chi connectivity index (χ0v) is 12.5. The first-order valence-electron chi connectivity index (χ1n) is 7.60. The third-order valence-corrected chi connectivity index (χ3v) is 3.95. The topological polar surface area (TPSA) is 29.3 Å². The summed E-state index contributed by atoms with van der Waals surface area (Å²) in [4.78, 5) is 2.62. The van der Waals surface area contributed by atoms with E-state index in [1.807, 2.05) is 0 Å². The van der Waals surface area contributed by atoms with Gasteiger partial charge in [0.2, 0.25) is 0 Å². The first kappa shape index (κ1) is 16.9. The summed E-state index contributed by atoms with van der Waals surface area (Å²) in [6.45, 7) is 13.8. The predicted octanol–water partition coefficient (Wildman–Crippen LogP) is 3.51. The molecule has 0 saturated carbocycles. The molecule has 0 rings (SSSR count). The molecule has 0 spiro atoms. The molecular weight excluding hydrogens is 208 g/mol. The van der Waals surface area contributed by atoms with Crippen LogP contribution >= 0.6 is 0 Å². The van der Waals surface area contributed by atoms with Crippen LogP contribution < -0.4 is 5.73 Å². The maximum atomic E-state index is 5.58. The third-order valence-electron chi connectivity index (χ3n) is 3.95. The Bertz CT molecular complexity index is 155. The lowest BCUT2D eigenvalue weighted by Gasteiger charge is -2.25. The Labute approximate surface area is 109 Å². The standard InChI is InChI=1S/C15H34N2/c1-5-15(6-2)13-17(7-3)12-8-9-14(4)10-11-16/h14-15H,5-13,16H2,1-4H3. The van der Waals surface area contributed by atoms with Crippen LogP contribution in [0.4, 0.5) is 0 Å². The van der Waals surface area contributed by atoms with Crippen molar-refractivity contribution < 1.29 is 0 Å². The highest BCUT2D eigenvalue weighted by Crippen LogP contribution is 2.13. The molecule has 2 N–H and O–H groups in total. The van der Waals surface area contributed by atoms with Gasteiger partial charge in [-0.3, -0.25) is 0 Å². The van der Waals surface area contributed by atoms with E-state index in [0.29, 0.717) is 0 Å². The number of hydrogen-bond donors (Lipinski definition) is 1. The van der Waals surface area contributed by atoms with E-state index in [1.54, 1.807) is 0 Å². The summed E-state index contributed by atoms with van der Waals surface area (Å²) >= 11 is 0. The van der Waals surface area contributed by atoms with Crippen LogP contribution in [-0.2, 0) is 0 Å². The molecule has 0 fully saturated rings. The first-order valence-corrected chi connectivity index (χ1v) is 7.60. The van der Waals surface area contributed by atoms with E-state index in [0.717, 1.165) is 18.4 Å². The Kier molecular flexibility index (Phi) is 11.0. The molecule has 0 radical (unpaired) electrons. The van der Waals surface area contributed by atoms with Crippen LogP contribution in [0.25, 0.3) is 0 Å². The van der Waals surface area contributed by atoms with Crippen LogP contribution in [0.3, 0.4) is 0 Å². The van der Waals surface area contributed by atoms with Crippen LogP contribution in [0, 0.1) is 11.8 Å². The minimum atomic E-state index is 0.798. The highest BCUT2D eigenvalue weighted by molar-refractivity contribution is 4.64. The zero-order valence-electron chi connectivity index (χ0n) is 12.5. The molecule has 0 aliphatic carbocycles. The van der Waals surface area contributed by atoms with Crippen LogP contribution in [0.2, 0.25) is 0 Å². The SMILES string of the molecule is CCC(CC)CN(CC)CCCC(C)CCN. The van der Waals surface area contributed by atoms with Crippen molar-refractivity contribution in [3.8, 4) is 0 Å². The fourth-order valence-electron chi connectivity index (χ4n) is 2.38. The second kappa shape index (κ2) is 11.0. The van der Waals surface area contributed by atoms with Crippen LogP contribution in [0.15, 0.2) is 0 Å². The van der Waals surface area contributed by atoms with Gasteiger partial charge in [-0.1, -0.05) is 40.5 Å². The molecule has 17 heavy (non-hydrogen) atoms. The Morgan fingerprint density at radius 3 is 2.18 bits per heavy atom. The lowest BCUT2D eigenvalue weighted by atomic mass is 10.0. The van der Waals surface area contributed by atoms with E-state index in [-0.39, 0.29) is 0 Å². The van der Waals surface area contributed by atoms with Gasteiger partial charge in [-0.2, -0.15) is 0 Å². The van der Waals surface area contributed by atoms with Gasteiger partial charge < -0.3 is 10.6 Å². The van der Waals surface area contributed by atoms with Gasteiger partial charge in [0.05, 0.1) is 0 Å². The minimum absolute atomic E-state index is 0.798. The minimum Gasteiger partial charge on any atom is -0.330 e. The summed E-state index contributed by atoms with van der Waals surface area (Å²) in [6.07, 6.45) is 6.47. The monoisotopic (exact) mass is 242 g/mol. The van der Waals surface area contributed by atoms with Crippen molar-refractivity contribution in [2.45, 2.75) is 59.8 Å². The number of nitrogens with zero attached hydrogens (tertiary/aromatic N) is 1. The first-order chi connectivity index (χ1) is 8.17. The van der Waals surface area contributed by atoms with E-state index in [2.05, 4.69) is 32.6 Å². The van der Waals surface area contributed by atoms with Crippen molar-refractivity contribution in [3.05, 3.63) is 0 Å². The van der Waals surface area contributed by atoms with E-state index in [9.17, 15) is 0 Å². The summed E-state index contributed by atoms with van der Waals surface area (Å²) in [6, 6.07) is 0. The van der Waals surface area contributed by atoms with Crippen LogP contribution in [0.5, 0.6) is 0 Å². The maximum Gasteiger partial charge on any atom is 0.000934 e. The van der Waals surface area contributed by atoms with Crippen molar-refractivity contribution in [3.63, 3.8) is 0 Å². The molecule has 0 amide bonds. The highest BCUT2D eigenvalue weighted by Gasteiger charge is 2.10. The molecule has 0 aliphatic heterocycles. The molecule has 1 unspecified atom stereocenters. The van der Waals surface area contributed by atoms with Gasteiger partial charge in [0, 0.05) is 6.54 Å². The Morgan fingerprint density at radius 1 is 1.06 bits per heavy atom. The van der Waals surface area contributed by atoms with Crippen LogP contribution in [-0.4, -0.2) is 31.1 Å². The molecule has 0 aliphatic rings. The van der Waals surface area contributed by atoms with Gasteiger partial charge in [0.1, 0.15) is 0 Å². The zero-order chi connectivity index (χ0) is 13.1. The Hall–Kier alpha value is -0.0800. The second-order valence-electron chi connectivity index (χ2n) is 5.40. The second-order valence-corrected chi connectivity index (χ2v) is 5.40. The van der Waals surface area contributed by atoms with Crippen molar-refractivity contribution in [1.82, 2.24) is 4.90 Å². The smallest absolute Gasteiger partial charge is 0.000934 e. The molecule has 0 saturated heterocycles. The summed E-state index contributed by atoms with van der Waals surface area (Å²) < 4.78 is 0. The van der Waals surface area contributed by atoms with Crippen molar-refractivity contribution in [2.75, 3.05) is 26.2 Å². The van der Waals surface area contributed by atoms with Crippen LogP contribution in [0.1, 0.15) is 59.8 Å². The van der Waals surface area contributed by atoms with Gasteiger partial charge in [-0.05, 0) is 50.7 Å². The Balaban J connectivity index is 3.74. The van der Waals surface area contributed by atoms with Gasteiger partial charge in [-0.15, -0.1) is 0 Å². The fraction of sp³-hybridized carbons (Fsp3) is 1.00. The average molecular weight is 242 g/mol. The normalized spacial score (nSPS) is 13.6. The van der Waals surface area contributed by atoms with Crippen molar-refractivity contribution >= 4 is 0 Å². The quantitative estimate of drug-likeness (QED) is 0.601. The molecule has 0 aromatic rings. The summed E-state index contributed by atoms with van der Waals surface area (Å²) in [7, 11) is 0. The molecule has 0 aromatic heterocycles. The predicted molar refractivity (Wildman–Crippen MR) is 78.3 cm³/mol. The lowest BCUT2D eigenvalue weighted by molar-refractivity contribution is 0.225. The van der Waals surface area contributed by atoms with E-state index < -0.39 is 0 Å². The molecule has 1 atom stereocenters. The van der Waals surface area contributed by atoms with E-state index in [4.69, 9.17) is 5.73 Å². The van der Waals surface area contributed by atoms with Gasteiger partial charge in [0.25, 0.3) is 0 Å². The number of rotatable bonds is 11. The van der Waals surface area contributed by atoms with Gasteiger partial charge in [0.15, 0.2) is 0 Å². The third kappa shape index (κ3) is 8.62. The average Bonchev–Trinajstić information content (AvgIpc) is 2.34. The fourth-order valence-corrected chi connectivity index (χ4v) is 2.38. The summed E-state index contributed by atoms with van der Waals surface area (Å²) in [5.74, 6) is 1.68. The molecule has 0 aromatic carbocycles. The van der Waals surface area contributed by atoms with E-state index >= 15 is 0 Å². The van der Waals surface area contributed by atoms with Crippen molar-refractivity contribution in [2.24, 2.45) is 17.6 Å². The molecule has 2 nitrogen and oxygen atoms in total. The molecular formula is C15H34N2. The molecule has 0 bridgehead atoms. The summed E-state index contributed by atoms with van der Waals surface area (Å²) in [5, 5.41) is 0. The molecule has 104 valence electrons. The van der Waals surface area contributed by atoms with Gasteiger partial charge in [-0.25, -0.2) is 0 Å². The van der Waals surface area contributed by atoms with Crippen molar-refractivity contribution in [1.29, 1.82) is 0 Å². The maximum absolute atomic E-state index is 5.58.